The summed E-state index contributed by atoms with van der Waals surface area (Å²) in [6.45, 7) is 6.96. The van der Waals surface area contributed by atoms with Gasteiger partial charge in [0.1, 0.15) is 13.2 Å². The van der Waals surface area contributed by atoms with Crippen molar-refractivity contribution >= 4 is 11.9 Å². The second-order valence-corrected chi connectivity index (χ2v) is 7.12. The fraction of sp³-hybridized carbons (Fsp3) is 0.905. The molecule has 0 aromatic carbocycles. The second kappa shape index (κ2) is 22.4. The number of ether oxygens (including phenoxy) is 7. The van der Waals surface area contributed by atoms with Gasteiger partial charge in [0.2, 0.25) is 5.91 Å². The zero-order valence-electron chi connectivity index (χ0n) is 19.4. The normalized spacial score (nSPS) is 14.4. The maximum atomic E-state index is 11.3. The van der Waals surface area contributed by atoms with Gasteiger partial charge in [0.15, 0.2) is 0 Å². The molecule has 0 radical (unpaired) electrons. The number of carboxylic acids is 1. The predicted molar refractivity (Wildman–Crippen MR) is 117 cm³/mol. The Bertz CT molecular complexity index is 478. The van der Waals surface area contributed by atoms with E-state index in [2.05, 4.69) is 15.4 Å². The highest BCUT2D eigenvalue weighted by atomic mass is 16.6. The third-order valence-corrected chi connectivity index (χ3v) is 4.38. The van der Waals surface area contributed by atoms with Crippen LogP contribution in [0.4, 0.5) is 0 Å². The molecule has 1 heterocycles. The summed E-state index contributed by atoms with van der Waals surface area (Å²) in [6, 6.07) is 0. The average Bonchev–Trinajstić information content (AvgIpc) is 2.81. The highest BCUT2D eigenvalue weighted by Crippen LogP contribution is 2.06. The van der Waals surface area contributed by atoms with E-state index < -0.39 is 12.6 Å². The molecule has 1 aliphatic rings. The van der Waals surface area contributed by atoms with Crippen LogP contribution in [-0.2, 0) is 42.7 Å². The number of aliphatic carboxylic acids is 1. The summed E-state index contributed by atoms with van der Waals surface area (Å²) >= 11 is 0. The van der Waals surface area contributed by atoms with Crippen molar-refractivity contribution in [1.29, 1.82) is 0 Å². The smallest absolute Gasteiger partial charge is 0.329 e. The molecule has 0 aliphatic carbocycles. The van der Waals surface area contributed by atoms with Gasteiger partial charge in [-0.15, -0.1) is 0 Å². The summed E-state index contributed by atoms with van der Waals surface area (Å²) in [6.07, 6.45) is 2.50. The SMILES string of the molecule is O=C(O)COCC(=O)NCCOCCOCCOCCOCCOCCOC1CCNCC1. The first kappa shape index (κ1) is 29.7. The molecule has 0 atom stereocenters. The van der Waals surface area contributed by atoms with Gasteiger partial charge in [0, 0.05) is 6.54 Å². The first-order valence-electron chi connectivity index (χ1n) is 11.5. The fourth-order valence-electron chi connectivity index (χ4n) is 2.76. The Labute approximate surface area is 195 Å². The number of amides is 1. The lowest BCUT2D eigenvalue weighted by atomic mass is 10.1. The van der Waals surface area contributed by atoms with Gasteiger partial charge in [-0.3, -0.25) is 4.79 Å². The molecule has 3 N–H and O–H groups in total. The molecule has 0 aromatic heterocycles. The highest BCUT2D eigenvalue weighted by molar-refractivity contribution is 5.77. The van der Waals surface area contributed by atoms with Gasteiger partial charge in [-0.25, -0.2) is 4.79 Å². The van der Waals surface area contributed by atoms with E-state index in [1.807, 2.05) is 0 Å². The summed E-state index contributed by atoms with van der Waals surface area (Å²) in [4.78, 5) is 21.5. The minimum Gasteiger partial charge on any atom is -0.480 e. The number of hydrogen-bond acceptors (Lipinski definition) is 10. The molecule has 0 spiro atoms. The quantitative estimate of drug-likeness (QED) is 0.156. The Morgan fingerprint density at radius 2 is 1.18 bits per heavy atom. The number of piperidine rings is 1. The van der Waals surface area contributed by atoms with E-state index in [1.54, 1.807) is 0 Å². The molecule has 12 nitrogen and oxygen atoms in total. The van der Waals surface area contributed by atoms with Gasteiger partial charge in [-0.2, -0.15) is 0 Å². The standard InChI is InChI=1S/C21H40N2O10/c24-20(17-32-18-21(25)26)23-5-6-27-7-8-28-9-10-29-11-12-30-13-14-31-15-16-33-19-1-3-22-4-2-19/h19,22H,1-18H2,(H,23,24)(H,25,26). The van der Waals surface area contributed by atoms with Crippen molar-refractivity contribution in [1.82, 2.24) is 10.6 Å². The summed E-state index contributed by atoms with van der Waals surface area (Å²) in [7, 11) is 0. The Kier molecular flexibility index (Phi) is 20.1. The van der Waals surface area contributed by atoms with E-state index in [0.29, 0.717) is 85.3 Å². The Morgan fingerprint density at radius 3 is 1.70 bits per heavy atom. The van der Waals surface area contributed by atoms with Crippen molar-refractivity contribution < 1.29 is 47.9 Å². The van der Waals surface area contributed by atoms with Crippen molar-refractivity contribution in [3.63, 3.8) is 0 Å². The van der Waals surface area contributed by atoms with Gasteiger partial charge in [0.25, 0.3) is 0 Å². The summed E-state index contributed by atoms with van der Waals surface area (Å²) < 4.78 is 37.4. The Balaban J connectivity index is 1.67. The largest absolute Gasteiger partial charge is 0.480 e. The van der Waals surface area contributed by atoms with Crippen LogP contribution < -0.4 is 10.6 Å². The van der Waals surface area contributed by atoms with Gasteiger partial charge in [-0.1, -0.05) is 0 Å². The highest BCUT2D eigenvalue weighted by Gasteiger charge is 2.12. The first-order chi connectivity index (χ1) is 16.2. The lowest BCUT2D eigenvalue weighted by Crippen LogP contribution is -2.33. The minimum absolute atomic E-state index is 0.289. The molecule has 194 valence electrons. The molecule has 0 aromatic rings. The van der Waals surface area contributed by atoms with E-state index in [1.165, 1.54) is 0 Å². The molecule has 1 rings (SSSR count). The van der Waals surface area contributed by atoms with Crippen LogP contribution in [0.1, 0.15) is 12.8 Å². The molecule has 0 unspecified atom stereocenters. The van der Waals surface area contributed by atoms with Crippen molar-refractivity contribution in [3.8, 4) is 0 Å². The molecule has 1 aliphatic heterocycles. The lowest BCUT2D eigenvalue weighted by Gasteiger charge is -2.22. The van der Waals surface area contributed by atoms with Gasteiger partial charge >= 0.3 is 5.97 Å². The molecule has 1 amide bonds. The van der Waals surface area contributed by atoms with Crippen LogP contribution >= 0.6 is 0 Å². The number of carbonyl (C=O) groups excluding carboxylic acids is 1. The third kappa shape index (κ3) is 20.9. The summed E-state index contributed by atoms with van der Waals surface area (Å²) in [5, 5.41) is 14.2. The number of carboxylic acid groups (broad SMARTS) is 1. The van der Waals surface area contributed by atoms with Crippen LogP contribution in [0.2, 0.25) is 0 Å². The Morgan fingerprint density at radius 1 is 0.697 bits per heavy atom. The topological polar surface area (TPSA) is 143 Å². The van der Waals surface area contributed by atoms with E-state index >= 15 is 0 Å². The first-order valence-corrected chi connectivity index (χ1v) is 11.5. The molecule has 1 saturated heterocycles. The van der Waals surface area contributed by atoms with Crippen molar-refractivity contribution in [2.24, 2.45) is 0 Å². The maximum Gasteiger partial charge on any atom is 0.329 e. The molecule has 12 heteroatoms. The molecule has 0 bridgehead atoms. The van der Waals surface area contributed by atoms with Crippen molar-refractivity contribution in [3.05, 3.63) is 0 Å². The van der Waals surface area contributed by atoms with Crippen LogP contribution in [0.5, 0.6) is 0 Å². The van der Waals surface area contributed by atoms with E-state index in [9.17, 15) is 9.59 Å². The lowest BCUT2D eigenvalue weighted by molar-refractivity contribution is -0.143. The molecular weight excluding hydrogens is 440 g/mol. The third-order valence-electron chi connectivity index (χ3n) is 4.38. The molecule has 33 heavy (non-hydrogen) atoms. The summed E-state index contributed by atoms with van der Waals surface area (Å²) in [5.41, 5.74) is 0. The monoisotopic (exact) mass is 480 g/mol. The summed E-state index contributed by atoms with van der Waals surface area (Å²) in [5.74, 6) is -1.50. The van der Waals surface area contributed by atoms with Crippen LogP contribution in [-0.4, -0.2) is 129 Å². The van der Waals surface area contributed by atoms with Crippen LogP contribution in [0, 0.1) is 0 Å². The van der Waals surface area contributed by atoms with Crippen LogP contribution in [0.15, 0.2) is 0 Å². The number of rotatable bonds is 23. The van der Waals surface area contributed by atoms with E-state index in [0.717, 1.165) is 25.9 Å². The maximum absolute atomic E-state index is 11.3. The average molecular weight is 481 g/mol. The Hall–Kier alpha value is -1.38. The van der Waals surface area contributed by atoms with E-state index in [4.69, 9.17) is 33.5 Å². The zero-order chi connectivity index (χ0) is 23.8. The number of nitrogens with one attached hydrogen (secondary N) is 2. The second-order valence-electron chi connectivity index (χ2n) is 7.12. The minimum atomic E-state index is -1.12. The van der Waals surface area contributed by atoms with Crippen LogP contribution in [0.25, 0.3) is 0 Å². The van der Waals surface area contributed by atoms with Crippen LogP contribution in [0.3, 0.4) is 0 Å². The van der Waals surface area contributed by atoms with E-state index in [-0.39, 0.29) is 12.5 Å². The molecule has 1 fully saturated rings. The number of carbonyl (C=O) groups is 2. The van der Waals surface area contributed by atoms with Gasteiger partial charge in [-0.05, 0) is 25.9 Å². The van der Waals surface area contributed by atoms with Gasteiger partial charge < -0.3 is 48.9 Å². The van der Waals surface area contributed by atoms with Crippen molar-refractivity contribution in [2.45, 2.75) is 18.9 Å². The number of hydrogen-bond donors (Lipinski definition) is 3. The van der Waals surface area contributed by atoms with Gasteiger partial charge in [0.05, 0.1) is 78.8 Å². The molecular formula is C21H40N2O10. The van der Waals surface area contributed by atoms with Crippen molar-refractivity contribution in [2.75, 3.05) is 106 Å². The fourth-order valence-corrected chi connectivity index (χ4v) is 2.76. The molecule has 0 saturated carbocycles. The zero-order valence-corrected chi connectivity index (χ0v) is 19.4. The predicted octanol–water partition coefficient (Wildman–Crippen LogP) is -0.945.